The first kappa shape index (κ1) is 24.8. The van der Waals surface area contributed by atoms with Crippen LogP contribution in [0, 0.1) is 29.1 Å². The summed E-state index contributed by atoms with van der Waals surface area (Å²) in [7, 11) is 1.69. The number of nitrogens with zero attached hydrogens (tertiary/aromatic N) is 1. The minimum absolute atomic E-state index is 0.00246. The fourth-order valence-corrected chi connectivity index (χ4v) is 5.23. The molecule has 0 aliphatic heterocycles. The van der Waals surface area contributed by atoms with E-state index in [2.05, 4.69) is 25.7 Å². The number of carbonyl (C=O) groups excluding carboxylic acids is 1. The summed E-state index contributed by atoms with van der Waals surface area (Å²) in [6.07, 6.45) is 12.0. The van der Waals surface area contributed by atoms with E-state index in [4.69, 9.17) is 5.11 Å². The Labute approximate surface area is 196 Å². The molecular weight excluding hydrogens is 422 g/mol. The van der Waals surface area contributed by atoms with Crippen LogP contribution in [0.2, 0.25) is 0 Å². The van der Waals surface area contributed by atoms with Crippen molar-refractivity contribution in [1.29, 1.82) is 0 Å². The molecule has 1 aromatic heterocycles. The fourth-order valence-electron chi connectivity index (χ4n) is 4.35. The van der Waals surface area contributed by atoms with Gasteiger partial charge in [0, 0.05) is 18.4 Å². The lowest BCUT2D eigenvalue weighted by Gasteiger charge is -2.28. The molecule has 0 bridgehead atoms. The maximum atomic E-state index is 12.8. The monoisotopic (exact) mass is 459 g/mol. The Hall–Kier alpha value is -1.84. The number of aromatic carboxylic acids is 1. The molecule has 1 heterocycles. The third-order valence-corrected chi connectivity index (χ3v) is 8.05. The number of thiophene rings is 1. The van der Waals surface area contributed by atoms with Crippen molar-refractivity contribution in [1.82, 2.24) is 0 Å². The van der Waals surface area contributed by atoms with Gasteiger partial charge >= 0.3 is 5.97 Å². The van der Waals surface area contributed by atoms with Crippen LogP contribution in [0.3, 0.4) is 0 Å². The topological polar surface area (TPSA) is 77.8 Å². The summed E-state index contributed by atoms with van der Waals surface area (Å²) in [6, 6.07) is 1.76. The largest absolute Gasteiger partial charge is 0.477 e. The maximum absolute atomic E-state index is 12.8. The van der Waals surface area contributed by atoms with Crippen LogP contribution in [0.25, 0.3) is 0 Å². The number of hydrogen-bond acceptors (Lipinski definition) is 4. The second-order valence-electron chi connectivity index (χ2n) is 10.1. The molecule has 6 heteroatoms. The molecule has 2 N–H and O–H groups in total. The molecule has 3 aliphatic carbocycles. The number of carboxylic acids is 1. The Morgan fingerprint density at radius 3 is 2.22 bits per heavy atom. The predicted molar refractivity (Wildman–Crippen MR) is 129 cm³/mol. The molecule has 3 aliphatic rings. The van der Waals surface area contributed by atoms with Crippen LogP contribution in [-0.4, -0.2) is 35.2 Å². The molecule has 0 spiro atoms. The van der Waals surface area contributed by atoms with E-state index in [9.17, 15) is 14.7 Å². The highest BCUT2D eigenvalue weighted by molar-refractivity contribution is 7.15. The van der Waals surface area contributed by atoms with Gasteiger partial charge in [0.1, 0.15) is 4.88 Å². The summed E-state index contributed by atoms with van der Waals surface area (Å²) in [5, 5.41) is 18.4. The van der Waals surface area contributed by atoms with Crippen molar-refractivity contribution in [3.63, 3.8) is 0 Å². The van der Waals surface area contributed by atoms with Gasteiger partial charge in [0.15, 0.2) is 0 Å². The lowest BCUT2D eigenvalue weighted by Crippen LogP contribution is -2.35. The number of carbonyl (C=O) groups is 2. The molecule has 0 saturated heterocycles. The summed E-state index contributed by atoms with van der Waals surface area (Å²) < 4.78 is 0. The van der Waals surface area contributed by atoms with Gasteiger partial charge in [-0.3, -0.25) is 4.79 Å². The zero-order valence-corrected chi connectivity index (χ0v) is 20.5. The minimum Gasteiger partial charge on any atom is -0.477 e. The number of carboxylic acid groups (broad SMARTS) is 1. The molecular formula is C26H37NO4S. The smallest absolute Gasteiger partial charge is 0.348 e. The molecule has 176 valence electrons. The molecule has 0 aromatic carbocycles. The van der Waals surface area contributed by atoms with E-state index >= 15 is 0 Å². The number of aliphatic hydroxyl groups excluding tert-OH is 1. The zero-order chi connectivity index (χ0) is 23.3. The highest BCUT2D eigenvalue weighted by atomic mass is 32.1. The Balaban J connectivity index is 0.000000352. The average Bonchev–Trinajstić information content (AvgIpc) is 3.35. The highest BCUT2D eigenvalue weighted by Gasteiger charge is 2.35. The number of hydrogen-bond donors (Lipinski definition) is 2. The molecule has 1 aromatic rings. The standard InChI is InChI=1S/C20H25NO3S.C6H12O/c1-13-4-6-14(7-5-13)18(22)21(3)16-12-15(25-17(16)19(23)24)8-9-20(2)10-11-20;7-6-4-2-1-3-5-6/h12-14H,4-7,10-11H2,1-3H3,(H,23,24);6-7H,1-5H2. The van der Waals surface area contributed by atoms with Gasteiger partial charge < -0.3 is 15.1 Å². The van der Waals surface area contributed by atoms with E-state index in [0.717, 1.165) is 67.6 Å². The molecule has 5 nitrogen and oxygen atoms in total. The van der Waals surface area contributed by atoms with Gasteiger partial charge in [-0.1, -0.05) is 38.0 Å². The fraction of sp³-hybridized carbons (Fsp3) is 0.692. The summed E-state index contributed by atoms with van der Waals surface area (Å²) in [6.45, 7) is 4.34. The zero-order valence-electron chi connectivity index (χ0n) is 19.7. The van der Waals surface area contributed by atoms with E-state index in [-0.39, 0.29) is 28.2 Å². The van der Waals surface area contributed by atoms with Gasteiger partial charge in [-0.25, -0.2) is 4.79 Å². The second-order valence-corrected chi connectivity index (χ2v) is 11.1. The third-order valence-electron chi connectivity index (χ3n) is 7.03. The van der Waals surface area contributed by atoms with E-state index in [1.807, 2.05) is 0 Å². The van der Waals surface area contributed by atoms with Crippen molar-refractivity contribution in [2.75, 3.05) is 11.9 Å². The normalized spacial score (nSPS) is 24.4. The first-order valence-corrected chi connectivity index (χ1v) is 12.9. The van der Waals surface area contributed by atoms with E-state index in [1.54, 1.807) is 13.1 Å². The maximum Gasteiger partial charge on any atom is 0.348 e. The SMILES string of the molecule is CC1CCC(C(=O)N(C)c2cc(C#CC3(C)CC3)sc2C(=O)O)CC1.OC1CCCCC1. The average molecular weight is 460 g/mol. The molecule has 1 amide bonds. The summed E-state index contributed by atoms with van der Waals surface area (Å²) in [5.41, 5.74) is 0.569. The first-order valence-electron chi connectivity index (χ1n) is 12.0. The van der Waals surface area contributed by atoms with Gasteiger partial charge in [0.05, 0.1) is 16.7 Å². The molecule has 3 fully saturated rings. The summed E-state index contributed by atoms with van der Waals surface area (Å²) in [4.78, 5) is 26.9. The number of rotatable bonds is 3. The van der Waals surface area contributed by atoms with Crippen LogP contribution in [0.15, 0.2) is 6.07 Å². The lowest BCUT2D eigenvalue weighted by molar-refractivity contribution is -0.123. The quantitative estimate of drug-likeness (QED) is 0.569. The number of amides is 1. The van der Waals surface area contributed by atoms with Gasteiger partial charge in [0.25, 0.3) is 0 Å². The Bertz CT molecular complexity index is 862. The van der Waals surface area contributed by atoms with Gasteiger partial charge in [-0.2, -0.15) is 0 Å². The molecule has 0 atom stereocenters. The first-order chi connectivity index (χ1) is 15.2. The Morgan fingerprint density at radius 1 is 1.09 bits per heavy atom. The van der Waals surface area contributed by atoms with Crippen molar-refractivity contribution in [3.8, 4) is 11.8 Å². The van der Waals surface area contributed by atoms with Gasteiger partial charge in [-0.15, -0.1) is 11.3 Å². The molecule has 4 rings (SSSR count). The molecule has 0 unspecified atom stereocenters. The van der Waals surface area contributed by atoms with Crippen molar-refractivity contribution >= 4 is 28.9 Å². The van der Waals surface area contributed by atoms with Crippen LogP contribution < -0.4 is 4.90 Å². The number of aliphatic hydroxyl groups is 1. The second kappa shape index (κ2) is 10.9. The van der Waals surface area contributed by atoms with Crippen molar-refractivity contribution in [2.45, 2.75) is 90.6 Å². The van der Waals surface area contributed by atoms with Crippen molar-refractivity contribution in [3.05, 3.63) is 15.8 Å². The predicted octanol–water partition coefficient (Wildman–Crippen LogP) is 5.70. The molecule has 0 radical (unpaired) electrons. The minimum atomic E-state index is -0.998. The van der Waals surface area contributed by atoms with Crippen LogP contribution in [0.1, 0.15) is 99.0 Å². The van der Waals surface area contributed by atoms with Crippen LogP contribution >= 0.6 is 11.3 Å². The Morgan fingerprint density at radius 2 is 1.72 bits per heavy atom. The van der Waals surface area contributed by atoms with Gasteiger partial charge in [-0.05, 0) is 70.3 Å². The summed E-state index contributed by atoms with van der Waals surface area (Å²) >= 11 is 1.16. The van der Waals surface area contributed by atoms with Crippen molar-refractivity contribution in [2.24, 2.45) is 17.3 Å². The summed E-state index contributed by atoms with van der Waals surface area (Å²) in [5.74, 6) is 6.05. The third kappa shape index (κ3) is 6.83. The molecule has 32 heavy (non-hydrogen) atoms. The van der Waals surface area contributed by atoms with E-state index in [0.29, 0.717) is 11.6 Å². The van der Waals surface area contributed by atoms with Crippen LogP contribution in [-0.2, 0) is 4.79 Å². The van der Waals surface area contributed by atoms with Gasteiger partial charge in [0.2, 0.25) is 5.91 Å². The number of anilines is 1. The van der Waals surface area contributed by atoms with E-state index in [1.165, 1.54) is 24.2 Å². The van der Waals surface area contributed by atoms with Crippen LogP contribution in [0.4, 0.5) is 5.69 Å². The Kier molecular flexibility index (Phi) is 8.41. The highest BCUT2D eigenvalue weighted by Crippen LogP contribution is 2.44. The van der Waals surface area contributed by atoms with Crippen LogP contribution in [0.5, 0.6) is 0 Å². The lowest BCUT2D eigenvalue weighted by atomic mass is 9.82. The van der Waals surface area contributed by atoms with Crippen molar-refractivity contribution < 1.29 is 19.8 Å². The molecule has 3 saturated carbocycles. The van der Waals surface area contributed by atoms with E-state index < -0.39 is 5.97 Å².